The minimum Gasteiger partial charge on any atom is -0.300 e. The second kappa shape index (κ2) is 4.89. The van der Waals surface area contributed by atoms with Gasteiger partial charge in [0, 0.05) is 6.42 Å². The standard InChI is InChI=1S/C12H15FO/c1-9(7-10(2)14)8-11-3-5-12(13)6-4-11/h3-6,9H,7-8H2,1-2H3. The van der Waals surface area contributed by atoms with Gasteiger partial charge in [0.2, 0.25) is 0 Å². The van der Waals surface area contributed by atoms with E-state index in [1.54, 1.807) is 19.1 Å². The number of ketones is 1. The fraction of sp³-hybridized carbons (Fsp3) is 0.417. The normalized spacial score (nSPS) is 12.5. The van der Waals surface area contributed by atoms with Crippen molar-refractivity contribution in [1.29, 1.82) is 0 Å². The lowest BCUT2D eigenvalue weighted by atomic mass is 9.97. The van der Waals surface area contributed by atoms with Gasteiger partial charge in [-0.1, -0.05) is 19.1 Å². The SMILES string of the molecule is CC(=O)CC(C)Cc1ccc(F)cc1. The van der Waals surface area contributed by atoms with Crippen molar-refractivity contribution in [2.24, 2.45) is 5.92 Å². The van der Waals surface area contributed by atoms with Crippen molar-refractivity contribution in [2.75, 3.05) is 0 Å². The molecule has 14 heavy (non-hydrogen) atoms. The van der Waals surface area contributed by atoms with Crippen molar-refractivity contribution in [3.05, 3.63) is 35.6 Å². The smallest absolute Gasteiger partial charge is 0.130 e. The van der Waals surface area contributed by atoms with Crippen LogP contribution in [0.1, 0.15) is 25.8 Å². The van der Waals surface area contributed by atoms with Crippen molar-refractivity contribution >= 4 is 5.78 Å². The zero-order valence-corrected chi connectivity index (χ0v) is 8.59. The van der Waals surface area contributed by atoms with Crippen molar-refractivity contribution in [2.45, 2.75) is 26.7 Å². The minimum absolute atomic E-state index is 0.208. The summed E-state index contributed by atoms with van der Waals surface area (Å²) in [6, 6.07) is 6.45. The van der Waals surface area contributed by atoms with E-state index in [1.807, 2.05) is 6.92 Å². The van der Waals surface area contributed by atoms with Gasteiger partial charge in [0.15, 0.2) is 0 Å². The third-order valence-corrected chi connectivity index (χ3v) is 2.13. The molecule has 1 unspecified atom stereocenters. The Balaban J connectivity index is 2.51. The Morgan fingerprint density at radius 3 is 2.43 bits per heavy atom. The van der Waals surface area contributed by atoms with Crippen LogP contribution < -0.4 is 0 Å². The highest BCUT2D eigenvalue weighted by atomic mass is 19.1. The summed E-state index contributed by atoms with van der Waals surface area (Å²) in [7, 11) is 0. The molecule has 0 fully saturated rings. The zero-order valence-electron chi connectivity index (χ0n) is 8.59. The molecule has 0 aliphatic carbocycles. The van der Waals surface area contributed by atoms with Gasteiger partial charge >= 0.3 is 0 Å². The highest BCUT2D eigenvalue weighted by Gasteiger charge is 2.06. The van der Waals surface area contributed by atoms with E-state index in [9.17, 15) is 9.18 Å². The van der Waals surface area contributed by atoms with Crippen LogP contribution in [0.25, 0.3) is 0 Å². The minimum atomic E-state index is -0.215. The Hall–Kier alpha value is -1.18. The molecule has 0 aromatic heterocycles. The van der Waals surface area contributed by atoms with E-state index < -0.39 is 0 Å². The van der Waals surface area contributed by atoms with Gasteiger partial charge in [-0.25, -0.2) is 4.39 Å². The predicted molar refractivity (Wildman–Crippen MR) is 54.6 cm³/mol. The lowest BCUT2D eigenvalue weighted by Crippen LogP contribution is -2.04. The van der Waals surface area contributed by atoms with Gasteiger partial charge in [-0.15, -0.1) is 0 Å². The molecule has 1 aromatic carbocycles. The lowest BCUT2D eigenvalue weighted by molar-refractivity contribution is -0.117. The Labute approximate surface area is 83.9 Å². The third-order valence-electron chi connectivity index (χ3n) is 2.13. The number of rotatable bonds is 4. The summed E-state index contributed by atoms with van der Waals surface area (Å²) in [5, 5.41) is 0. The van der Waals surface area contributed by atoms with Crippen LogP contribution in [0, 0.1) is 11.7 Å². The number of halogens is 1. The first-order valence-corrected chi connectivity index (χ1v) is 4.82. The average molecular weight is 194 g/mol. The summed E-state index contributed by atoms with van der Waals surface area (Å²) in [5.41, 5.74) is 1.08. The summed E-state index contributed by atoms with van der Waals surface area (Å²) in [5.74, 6) is 0.325. The van der Waals surface area contributed by atoms with Crippen LogP contribution in [0.5, 0.6) is 0 Å². The molecule has 1 rings (SSSR count). The molecule has 1 nitrogen and oxygen atoms in total. The largest absolute Gasteiger partial charge is 0.300 e. The molecular weight excluding hydrogens is 179 g/mol. The lowest BCUT2D eigenvalue weighted by Gasteiger charge is -2.08. The zero-order chi connectivity index (χ0) is 10.6. The van der Waals surface area contributed by atoms with Gasteiger partial charge in [0.1, 0.15) is 11.6 Å². The van der Waals surface area contributed by atoms with E-state index in [0.717, 1.165) is 12.0 Å². The maximum absolute atomic E-state index is 12.6. The Morgan fingerprint density at radius 1 is 1.36 bits per heavy atom. The summed E-state index contributed by atoms with van der Waals surface area (Å²) in [4.78, 5) is 10.8. The second-order valence-electron chi connectivity index (χ2n) is 3.84. The number of hydrogen-bond acceptors (Lipinski definition) is 1. The van der Waals surface area contributed by atoms with Crippen molar-refractivity contribution in [3.8, 4) is 0 Å². The van der Waals surface area contributed by atoms with Gasteiger partial charge < -0.3 is 4.79 Å². The third kappa shape index (κ3) is 3.69. The first kappa shape index (κ1) is 10.9. The first-order valence-electron chi connectivity index (χ1n) is 4.82. The fourth-order valence-electron chi connectivity index (χ4n) is 1.59. The average Bonchev–Trinajstić information content (AvgIpc) is 2.07. The topological polar surface area (TPSA) is 17.1 Å². The molecule has 0 amide bonds. The monoisotopic (exact) mass is 194 g/mol. The van der Waals surface area contributed by atoms with Crippen LogP contribution in [0.3, 0.4) is 0 Å². The molecule has 76 valence electrons. The first-order chi connectivity index (χ1) is 6.58. The molecule has 1 atom stereocenters. The van der Waals surface area contributed by atoms with Gasteiger partial charge in [0.05, 0.1) is 0 Å². The van der Waals surface area contributed by atoms with Gasteiger partial charge in [0.25, 0.3) is 0 Å². The van der Waals surface area contributed by atoms with Gasteiger partial charge in [-0.05, 0) is 37.0 Å². The van der Waals surface area contributed by atoms with Crippen LogP contribution in [-0.2, 0) is 11.2 Å². The van der Waals surface area contributed by atoms with Crippen molar-refractivity contribution in [3.63, 3.8) is 0 Å². The molecule has 0 aliphatic heterocycles. The summed E-state index contributed by atoms with van der Waals surface area (Å²) in [6.07, 6.45) is 1.43. The van der Waals surface area contributed by atoms with E-state index in [4.69, 9.17) is 0 Å². The number of hydrogen-bond donors (Lipinski definition) is 0. The fourth-order valence-corrected chi connectivity index (χ4v) is 1.59. The molecule has 0 heterocycles. The summed E-state index contributed by atoms with van der Waals surface area (Å²) in [6.45, 7) is 3.63. The predicted octanol–water partition coefficient (Wildman–Crippen LogP) is 2.98. The van der Waals surface area contributed by atoms with Crippen molar-refractivity contribution in [1.82, 2.24) is 0 Å². The molecule has 1 aromatic rings. The number of carbonyl (C=O) groups is 1. The Morgan fingerprint density at radius 2 is 1.93 bits per heavy atom. The molecule has 0 bridgehead atoms. The summed E-state index contributed by atoms with van der Waals surface area (Å²) < 4.78 is 12.6. The Bertz CT molecular complexity index is 303. The number of Topliss-reactive ketones (excluding diaryl/α,β-unsaturated/α-hetero) is 1. The highest BCUT2D eigenvalue weighted by Crippen LogP contribution is 2.12. The van der Waals surface area contributed by atoms with E-state index in [2.05, 4.69) is 0 Å². The van der Waals surface area contributed by atoms with Gasteiger partial charge in [-0.3, -0.25) is 0 Å². The van der Waals surface area contributed by atoms with E-state index >= 15 is 0 Å². The van der Waals surface area contributed by atoms with Crippen LogP contribution in [0.4, 0.5) is 4.39 Å². The quantitative estimate of drug-likeness (QED) is 0.720. The molecule has 0 spiro atoms. The van der Waals surface area contributed by atoms with Crippen LogP contribution in [0.2, 0.25) is 0 Å². The molecule has 0 saturated heterocycles. The van der Waals surface area contributed by atoms with Gasteiger partial charge in [-0.2, -0.15) is 0 Å². The summed E-state index contributed by atoms with van der Waals surface area (Å²) >= 11 is 0. The molecular formula is C12H15FO. The highest BCUT2D eigenvalue weighted by molar-refractivity contribution is 5.75. The maximum atomic E-state index is 12.6. The van der Waals surface area contributed by atoms with Crippen molar-refractivity contribution < 1.29 is 9.18 Å². The molecule has 0 radical (unpaired) electrons. The number of carbonyl (C=O) groups excluding carboxylic acids is 1. The van der Waals surface area contributed by atoms with E-state index in [1.165, 1.54) is 12.1 Å². The van der Waals surface area contributed by atoms with Crippen LogP contribution in [0.15, 0.2) is 24.3 Å². The van der Waals surface area contributed by atoms with Crippen LogP contribution in [-0.4, -0.2) is 5.78 Å². The van der Waals surface area contributed by atoms with E-state index in [0.29, 0.717) is 12.3 Å². The molecule has 0 saturated carbocycles. The van der Waals surface area contributed by atoms with Crippen LogP contribution >= 0.6 is 0 Å². The Kier molecular flexibility index (Phi) is 3.81. The molecule has 0 N–H and O–H groups in total. The molecule has 2 heteroatoms. The second-order valence-corrected chi connectivity index (χ2v) is 3.84. The van der Waals surface area contributed by atoms with E-state index in [-0.39, 0.29) is 11.6 Å². The maximum Gasteiger partial charge on any atom is 0.130 e. The number of benzene rings is 1. The molecule has 0 aliphatic rings.